The number of Topliss-reactive ketones (excluding diaryl/α,β-unsaturated/α-hetero) is 1. The maximum Gasteiger partial charge on any atom is 0.137 e. The molecule has 0 unspecified atom stereocenters. The monoisotopic (exact) mass is 230 g/mol. The van der Waals surface area contributed by atoms with Crippen molar-refractivity contribution in [2.75, 3.05) is 0 Å². The van der Waals surface area contributed by atoms with Gasteiger partial charge >= 0.3 is 0 Å². The van der Waals surface area contributed by atoms with E-state index >= 15 is 0 Å². The topological polar surface area (TPSA) is 17.1 Å². The van der Waals surface area contributed by atoms with Gasteiger partial charge in [0.25, 0.3) is 0 Å². The Morgan fingerprint density at radius 1 is 1.06 bits per heavy atom. The minimum Gasteiger partial charge on any atom is -0.299 e. The predicted molar refractivity (Wildman–Crippen MR) is 70.8 cm³/mol. The molecule has 0 aliphatic heterocycles. The number of hydrogen-bond donors (Lipinski definition) is 0. The molecule has 0 saturated heterocycles. The van der Waals surface area contributed by atoms with Gasteiger partial charge in [-0.2, -0.15) is 0 Å². The number of benzene rings is 1. The molecule has 0 heterocycles. The van der Waals surface area contributed by atoms with Crippen molar-refractivity contribution >= 4 is 5.78 Å². The first-order valence-electron chi connectivity index (χ1n) is 6.44. The fourth-order valence-electron chi connectivity index (χ4n) is 3.06. The van der Waals surface area contributed by atoms with E-state index in [1.54, 1.807) is 0 Å². The van der Waals surface area contributed by atoms with E-state index in [9.17, 15) is 4.79 Å². The maximum atomic E-state index is 12.2. The van der Waals surface area contributed by atoms with Crippen molar-refractivity contribution in [1.82, 2.24) is 0 Å². The molecule has 0 amide bonds. The van der Waals surface area contributed by atoms with Gasteiger partial charge < -0.3 is 0 Å². The van der Waals surface area contributed by atoms with E-state index in [0.29, 0.717) is 12.2 Å². The Morgan fingerprint density at radius 3 is 2.06 bits per heavy atom. The Labute approximate surface area is 104 Å². The van der Waals surface area contributed by atoms with Crippen LogP contribution < -0.4 is 0 Å². The van der Waals surface area contributed by atoms with Crippen LogP contribution in [0.5, 0.6) is 0 Å². The number of hydrogen-bond acceptors (Lipinski definition) is 1. The smallest absolute Gasteiger partial charge is 0.137 e. The van der Waals surface area contributed by atoms with Crippen LogP contribution in [0.3, 0.4) is 0 Å². The first-order valence-corrected chi connectivity index (χ1v) is 6.44. The molecule has 1 aliphatic rings. The van der Waals surface area contributed by atoms with Crippen LogP contribution in [0.1, 0.15) is 39.7 Å². The van der Waals surface area contributed by atoms with Crippen LogP contribution in [0.4, 0.5) is 0 Å². The van der Waals surface area contributed by atoms with Crippen molar-refractivity contribution in [2.45, 2.75) is 40.5 Å². The van der Waals surface area contributed by atoms with E-state index in [0.717, 1.165) is 6.42 Å². The number of carbonyl (C=O) groups excluding carboxylic acids is 1. The van der Waals surface area contributed by atoms with Crippen LogP contribution in [0.25, 0.3) is 0 Å². The third-order valence-corrected chi connectivity index (χ3v) is 4.85. The predicted octanol–water partition coefficient (Wildman–Crippen LogP) is 3.87. The van der Waals surface area contributed by atoms with Crippen molar-refractivity contribution in [3.8, 4) is 0 Å². The summed E-state index contributed by atoms with van der Waals surface area (Å²) >= 11 is 0. The Morgan fingerprint density at radius 2 is 1.59 bits per heavy atom. The van der Waals surface area contributed by atoms with Gasteiger partial charge in [-0.15, -0.1) is 0 Å². The minimum atomic E-state index is 0.181. The van der Waals surface area contributed by atoms with E-state index in [-0.39, 0.29) is 16.7 Å². The fourth-order valence-corrected chi connectivity index (χ4v) is 3.06. The van der Waals surface area contributed by atoms with Gasteiger partial charge in [-0.05, 0) is 22.8 Å². The number of rotatable bonds is 4. The summed E-state index contributed by atoms with van der Waals surface area (Å²) in [6.07, 6.45) is 1.56. The van der Waals surface area contributed by atoms with Crippen LogP contribution in [-0.2, 0) is 11.2 Å². The SMILES string of the molecule is CC1(C)C(C(=O)CCc2ccccc2)C1(C)C. The molecule has 0 radical (unpaired) electrons. The third kappa shape index (κ3) is 2.03. The van der Waals surface area contributed by atoms with Gasteiger partial charge in [0.05, 0.1) is 0 Å². The van der Waals surface area contributed by atoms with Crippen LogP contribution in [-0.4, -0.2) is 5.78 Å². The summed E-state index contributed by atoms with van der Waals surface area (Å²) in [5.74, 6) is 0.683. The Kier molecular flexibility index (Phi) is 2.89. The van der Waals surface area contributed by atoms with Gasteiger partial charge in [0.15, 0.2) is 0 Å². The van der Waals surface area contributed by atoms with E-state index < -0.39 is 0 Å². The molecule has 1 aliphatic carbocycles. The summed E-state index contributed by atoms with van der Waals surface area (Å²) in [5.41, 5.74) is 1.62. The molecule has 1 heteroatoms. The molecule has 0 spiro atoms. The standard InChI is InChI=1S/C16H22O/c1-15(2)14(16(15,3)4)13(17)11-10-12-8-6-5-7-9-12/h5-9,14H,10-11H2,1-4H3. The van der Waals surface area contributed by atoms with Crippen LogP contribution in [0.15, 0.2) is 30.3 Å². The summed E-state index contributed by atoms with van der Waals surface area (Å²) in [5, 5.41) is 0. The quantitative estimate of drug-likeness (QED) is 0.767. The van der Waals surface area contributed by atoms with Crippen LogP contribution in [0.2, 0.25) is 0 Å². The second kappa shape index (κ2) is 3.97. The van der Waals surface area contributed by atoms with Crippen molar-refractivity contribution in [1.29, 1.82) is 0 Å². The molecule has 1 saturated carbocycles. The highest BCUT2D eigenvalue weighted by Crippen LogP contribution is 2.68. The van der Waals surface area contributed by atoms with Crippen LogP contribution in [0, 0.1) is 16.7 Å². The highest BCUT2D eigenvalue weighted by atomic mass is 16.1. The molecule has 1 nitrogen and oxygen atoms in total. The van der Waals surface area contributed by atoms with Gasteiger partial charge in [0, 0.05) is 12.3 Å². The number of carbonyl (C=O) groups is 1. The van der Waals surface area contributed by atoms with Crippen molar-refractivity contribution in [3.05, 3.63) is 35.9 Å². The second-order valence-corrected chi connectivity index (χ2v) is 6.33. The average molecular weight is 230 g/mol. The lowest BCUT2D eigenvalue weighted by atomic mass is 10.0. The molecular formula is C16H22O. The molecule has 92 valence electrons. The highest BCUT2D eigenvalue weighted by molar-refractivity contribution is 5.86. The molecule has 1 fully saturated rings. The molecule has 0 aromatic heterocycles. The van der Waals surface area contributed by atoms with Crippen LogP contribution >= 0.6 is 0 Å². The number of ketones is 1. The van der Waals surface area contributed by atoms with Crippen molar-refractivity contribution in [2.24, 2.45) is 16.7 Å². The molecule has 0 atom stereocenters. The molecular weight excluding hydrogens is 208 g/mol. The Hall–Kier alpha value is -1.11. The van der Waals surface area contributed by atoms with E-state index in [2.05, 4.69) is 39.8 Å². The molecule has 1 aromatic rings. The van der Waals surface area contributed by atoms with E-state index in [1.807, 2.05) is 18.2 Å². The van der Waals surface area contributed by atoms with Gasteiger partial charge in [0.1, 0.15) is 5.78 Å². The Bertz CT molecular complexity index is 400. The zero-order valence-corrected chi connectivity index (χ0v) is 11.3. The first kappa shape index (κ1) is 12.3. The van der Waals surface area contributed by atoms with E-state index in [4.69, 9.17) is 0 Å². The summed E-state index contributed by atoms with van der Waals surface area (Å²) in [4.78, 5) is 12.2. The Balaban J connectivity index is 1.92. The largest absolute Gasteiger partial charge is 0.299 e. The first-order chi connectivity index (χ1) is 7.87. The molecule has 2 rings (SSSR count). The summed E-state index contributed by atoms with van der Waals surface area (Å²) in [7, 11) is 0. The molecule has 1 aromatic carbocycles. The lowest BCUT2D eigenvalue weighted by molar-refractivity contribution is -0.121. The highest BCUT2D eigenvalue weighted by Gasteiger charge is 2.67. The summed E-state index contributed by atoms with van der Waals surface area (Å²) < 4.78 is 0. The minimum absolute atomic E-state index is 0.181. The fraction of sp³-hybridized carbons (Fsp3) is 0.562. The molecule has 0 N–H and O–H groups in total. The van der Waals surface area contributed by atoms with Gasteiger partial charge in [0.2, 0.25) is 0 Å². The molecule has 17 heavy (non-hydrogen) atoms. The third-order valence-electron chi connectivity index (χ3n) is 4.85. The average Bonchev–Trinajstić information content (AvgIpc) is 2.68. The van der Waals surface area contributed by atoms with Gasteiger partial charge in [-0.25, -0.2) is 0 Å². The summed E-state index contributed by atoms with van der Waals surface area (Å²) in [6.45, 7) is 8.83. The van der Waals surface area contributed by atoms with E-state index in [1.165, 1.54) is 5.56 Å². The van der Waals surface area contributed by atoms with Gasteiger partial charge in [-0.1, -0.05) is 58.0 Å². The zero-order valence-electron chi connectivity index (χ0n) is 11.3. The van der Waals surface area contributed by atoms with Crippen molar-refractivity contribution < 1.29 is 4.79 Å². The molecule has 0 bridgehead atoms. The summed E-state index contributed by atoms with van der Waals surface area (Å²) in [6, 6.07) is 10.3. The maximum absolute atomic E-state index is 12.2. The van der Waals surface area contributed by atoms with Gasteiger partial charge in [-0.3, -0.25) is 4.79 Å². The second-order valence-electron chi connectivity index (χ2n) is 6.33. The zero-order chi connectivity index (χ0) is 12.7. The lowest BCUT2D eigenvalue weighted by Gasteiger charge is -2.03. The van der Waals surface area contributed by atoms with Crippen molar-refractivity contribution in [3.63, 3.8) is 0 Å². The normalized spacial score (nSPS) is 21.2. The lowest BCUT2D eigenvalue weighted by Crippen LogP contribution is -2.08. The number of aryl methyl sites for hydroxylation is 1.